The Kier molecular flexibility index (Phi) is 3.44. The minimum absolute atomic E-state index is 0.312. The fraction of sp³-hybridized carbons (Fsp3) is 0.333. The number of hydrogen-bond acceptors (Lipinski definition) is 4. The number of pyridine rings is 1. The van der Waals surface area contributed by atoms with Gasteiger partial charge in [0.2, 0.25) is 5.95 Å². The van der Waals surface area contributed by atoms with Gasteiger partial charge in [-0.3, -0.25) is 0 Å². The van der Waals surface area contributed by atoms with Crippen molar-refractivity contribution in [3.8, 4) is 0 Å². The number of thiophene rings is 1. The molecule has 0 aliphatic rings. The average molecular weight is 286 g/mol. The third-order valence-electron chi connectivity index (χ3n) is 3.17. The molecule has 3 aromatic rings. The summed E-state index contributed by atoms with van der Waals surface area (Å²) in [6, 6.07) is 8.73. The molecule has 3 aromatic heterocycles. The Morgan fingerprint density at radius 3 is 2.90 bits per heavy atom. The van der Waals surface area contributed by atoms with Gasteiger partial charge in [-0.05, 0) is 50.6 Å². The van der Waals surface area contributed by atoms with Gasteiger partial charge in [0.15, 0.2) is 5.65 Å². The fourth-order valence-corrected chi connectivity index (χ4v) is 3.23. The molecule has 3 rings (SSSR count). The Morgan fingerprint density at radius 1 is 1.30 bits per heavy atom. The molecule has 1 unspecified atom stereocenters. The maximum atomic E-state index is 4.50. The highest BCUT2D eigenvalue weighted by Crippen LogP contribution is 2.18. The van der Waals surface area contributed by atoms with Crippen LogP contribution in [0.15, 0.2) is 30.5 Å². The molecule has 0 aliphatic heterocycles. The lowest BCUT2D eigenvalue weighted by Gasteiger charge is -2.10. The Labute approximate surface area is 122 Å². The third-order valence-corrected chi connectivity index (χ3v) is 4.19. The lowest BCUT2D eigenvalue weighted by molar-refractivity contribution is 0.784. The van der Waals surface area contributed by atoms with Crippen LogP contribution in [0, 0.1) is 13.8 Å². The standard InChI is InChI=1S/C15H18N4S/c1-10-6-7-19-14(8-10)17-15(18-19)16-11(2)9-13-5-4-12(3)20-13/h4-8,11H,9H2,1-3H3,(H,16,18). The van der Waals surface area contributed by atoms with Gasteiger partial charge in [-0.1, -0.05) is 0 Å². The van der Waals surface area contributed by atoms with Crippen LogP contribution in [0.4, 0.5) is 5.95 Å². The van der Waals surface area contributed by atoms with Gasteiger partial charge >= 0.3 is 0 Å². The van der Waals surface area contributed by atoms with E-state index in [9.17, 15) is 0 Å². The Hall–Kier alpha value is -1.88. The quantitative estimate of drug-likeness (QED) is 0.798. The highest BCUT2D eigenvalue weighted by Gasteiger charge is 2.09. The van der Waals surface area contributed by atoms with Gasteiger partial charge in [-0.15, -0.1) is 16.4 Å². The molecule has 1 atom stereocenters. The molecule has 0 fully saturated rings. The number of fused-ring (bicyclic) bond motifs is 1. The zero-order valence-corrected chi connectivity index (χ0v) is 12.7. The summed E-state index contributed by atoms with van der Waals surface area (Å²) in [6.07, 6.45) is 2.93. The normalized spacial score (nSPS) is 12.8. The SMILES string of the molecule is Cc1ccn2nc(NC(C)Cc3ccc(C)s3)nc2c1. The van der Waals surface area contributed by atoms with E-state index in [0.29, 0.717) is 12.0 Å². The average Bonchev–Trinajstić information content (AvgIpc) is 2.94. The van der Waals surface area contributed by atoms with Gasteiger partial charge in [0, 0.05) is 28.4 Å². The summed E-state index contributed by atoms with van der Waals surface area (Å²) in [5.41, 5.74) is 2.07. The highest BCUT2D eigenvalue weighted by molar-refractivity contribution is 7.11. The minimum atomic E-state index is 0.312. The molecule has 4 nitrogen and oxygen atoms in total. The molecule has 104 valence electrons. The second-order valence-corrected chi connectivity index (χ2v) is 6.58. The van der Waals surface area contributed by atoms with Crippen molar-refractivity contribution < 1.29 is 0 Å². The van der Waals surface area contributed by atoms with Crippen LogP contribution in [0.2, 0.25) is 0 Å². The molecule has 0 bridgehead atoms. The lowest BCUT2D eigenvalue weighted by atomic mass is 10.2. The van der Waals surface area contributed by atoms with Crippen molar-refractivity contribution in [1.82, 2.24) is 14.6 Å². The molecule has 0 aliphatic carbocycles. The van der Waals surface area contributed by atoms with E-state index < -0.39 is 0 Å². The summed E-state index contributed by atoms with van der Waals surface area (Å²) in [5.74, 6) is 0.691. The van der Waals surface area contributed by atoms with Crippen LogP contribution in [0.3, 0.4) is 0 Å². The van der Waals surface area contributed by atoms with E-state index in [-0.39, 0.29) is 0 Å². The number of anilines is 1. The molecule has 3 heterocycles. The van der Waals surface area contributed by atoms with Gasteiger partial charge in [0.1, 0.15) is 0 Å². The number of hydrogen-bond donors (Lipinski definition) is 1. The summed E-state index contributed by atoms with van der Waals surface area (Å²) in [4.78, 5) is 7.25. The number of rotatable bonds is 4. The molecule has 0 radical (unpaired) electrons. The molecule has 0 saturated carbocycles. The van der Waals surface area contributed by atoms with Crippen molar-refractivity contribution in [2.24, 2.45) is 0 Å². The first kappa shape index (κ1) is 13.1. The van der Waals surface area contributed by atoms with Crippen LogP contribution in [0.5, 0.6) is 0 Å². The molecule has 1 N–H and O–H groups in total. The van der Waals surface area contributed by atoms with Gasteiger partial charge < -0.3 is 5.32 Å². The number of aromatic nitrogens is 3. The fourth-order valence-electron chi connectivity index (χ4n) is 2.21. The van der Waals surface area contributed by atoms with Crippen LogP contribution < -0.4 is 5.32 Å². The first-order valence-electron chi connectivity index (χ1n) is 6.75. The van der Waals surface area contributed by atoms with Gasteiger partial charge in [0.05, 0.1) is 0 Å². The summed E-state index contributed by atoms with van der Waals surface area (Å²) < 4.78 is 1.80. The second kappa shape index (κ2) is 5.25. The second-order valence-electron chi connectivity index (χ2n) is 5.20. The predicted molar refractivity (Wildman–Crippen MR) is 83.6 cm³/mol. The van der Waals surface area contributed by atoms with Gasteiger partial charge in [0.25, 0.3) is 0 Å². The van der Waals surface area contributed by atoms with Crippen molar-refractivity contribution in [1.29, 1.82) is 0 Å². The van der Waals surface area contributed by atoms with E-state index in [2.05, 4.69) is 48.3 Å². The molecule has 0 aromatic carbocycles. The van der Waals surface area contributed by atoms with E-state index in [1.54, 1.807) is 4.52 Å². The molecule has 5 heteroatoms. The van der Waals surface area contributed by atoms with Crippen LogP contribution in [-0.4, -0.2) is 20.6 Å². The topological polar surface area (TPSA) is 42.2 Å². The van der Waals surface area contributed by atoms with Gasteiger partial charge in [-0.25, -0.2) is 4.52 Å². The van der Waals surface area contributed by atoms with Crippen LogP contribution in [0.1, 0.15) is 22.2 Å². The molecular weight excluding hydrogens is 268 g/mol. The maximum Gasteiger partial charge on any atom is 0.243 e. The van der Waals surface area contributed by atoms with Crippen LogP contribution >= 0.6 is 11.3 Å². The summed E-state index contributed by atoms with van der Waals surface area (Å²) in [7, 11) is 0. The number of nitrogens with zero attached hydrogens (tertiary/aromatic N) is 3. The number of aryl methyl sites for hydroxylation is 2. The van der Waals surface area contributed by atoms with E-state index in [4.69, 9.17) is 0 Å². The van der Waals surface area contributed by atoms with Crippen molar-refractivity contribution in [3.63, 3.8) is 0 Å². The Morgan fingerprint density at radius 2 is 2.15 bits per heavy atom. The summed E-state index contributed by atoms with van der Waals surface area (Å²) in [5, 5.41) is 7.81. The van der Waals surface area contributed by atoms with Gasteiger partial charge in [-0.2, -0.15) is 4.98 Å². The number of nitrogens with one attached hydrogen (secondary N) is 1. The molecule has 0 amide bonds. The third kappa shape index (κ3) is 2.82. The van der Waals surface area contributed by atoms with E-state index in [1.165, 1.54) is 15.3 Å². The molecule has 20 heavy (non-hydrogen) atoms. The van der Waals surface area contributed by atoms with Crippen molar-refractivity contribution >= 4 is 22.9 Å². The summed E-state index contributed by atoms with van der Waals surface area (Å²) >= 11 is 1.85. The first-order chi connectivity index (χ1) is 9.60. The zero-order valence-electron chi connectivity index (χ0n) is 11.9. The first-order valence-corrected chi connectivity index (χ1v) is 7.57. The predicted octanol–water partition coefficient (Wildman–Crippen LogP) is 3.45. The van der Waals surface area contributed by atoms with Crippen molar-refractivity contribution in [2.45, 2.75) is 33.2 Å². The monoisotopic (exact) mass is 286 g/mol. The van der Waals surface area contributed by atoms with E-state index >= 15 is 0 Å². The molecule has 0 spiro atoms. The van der Waals surface area contributed by atoms with Crippen molar-refractivity contribution in [2.75, 3.05) is 5.32 Å². The maximum absolute atomic E-state index is 4.50. The minimum Gasteiger partial charge on any atom is -0.350 e. The Balaban J connectivity index is 1.72. The highest BCUT2D eigenvalue weighted by atomic mass is 32.1. The van der Waals surface area contributed by atoms with Crippen LogP contribution in [0.25, 0.3) is 5.65 Å². The Bertz CT molecular complexity index is 728. The largest absolute Gasteiger partial charge is 0.350 e. The smallest absolute Gasteiger partial charge is 0.243 e. The van der Waals surface area contributed by atoms with E-state index in [0.717, 1.165) is 12.1 Å². The van der Waals surface area contributed by atoms with Crippen molar-refractivity contribution in [3.05, 3.63) is 45.8 Å². The lowest BCUT2D eigenvalue weighted by Crippen LogP contribution is -2.18. The zero-order chi connectivity index (χ0) is 14.1. The summed E-state index contributed by atoms with van der Waals surface area (Å²) in [6.45, 7) is 6.35. The van der Waals surface area contributed by atoms with Crippen LogP contribution in [-0.2, 0) is 6.42 Å². The van der Waals surface area contributed by atoms with E-state index in [1.807, 2.05) is 29.7 Å². The molecule has 0 saturated heterocycles. The molecular formula is C15H18N4S.